The molecule has 1 aromatic carbocycles. The Labute approximate surface area is 121 Å². The van der Waals surface area contributed by atoms with Crippen LogP contribution in [0.1, 0.15) is 5.56 Å². The Morgan fingerprint density at radius 2 is 2.00 bits per heavy atom. The maximum atomic E-state index is 11.6. The summed E-state index contributed by atoms with van der Waals surface area (Å²) in [6.45, 7) is -0.550. The number of methoxy groups -OCH3 is 2. The number of amides is 2. The average Bonchev–Trinajstić information content (AvgIpc) is 2.49. The smallest absolute Gasteiger partial charge is 0.328 e. The zero-order valence-electron chi connectivity index (χ0n) is 11.8. The Morgan fingerprint density at radius 1 is 1.29 bits per heavy atom. The fourth-order valence-electron chi connectivity index (χ4n) is 1.57. The molecule has 0 aromatic heterocycles. The highest BCUT2D eigenvalue weighted by molar-refractivity contribution is 5.82. The summed E-state index contributed by atoms with van der Waals surface area (Å²) in [6, 6.07) is 3.06. The molecule has 2 amide bonds. The van der Waals surface area contributed by atoms with Crippen LogP contribution in [0.2, 0.25) is 0 Å². The van der Waals surface area contributed by atoms with E-state index in [4.69, 9.17) is 19.7 Å². The number of urea groups is 1. The number of nitrogens with one attached hydrogen (secondary N) is 2. The van der Waals surface area contributed by atoms with Gasteiger partial charge in [-0.15, -0.1) is 0 Å². The number of ether oxygens (including phenoxy) is 2. The number of carboxylic acids is 1. The molecular weight excluding hydrogens is 280 g/mol. The van der Waals surface area contributed by atoms with Gasteiger partial charge in [0.05, 0.1) is 20.8 Å². The van der Waals surface area contributed by atoms with Gasteiger partial charge in [0.25, 0.3) is 0 Å². The lowest BCUT2D eigenvalue weighted by Crippen LogP contribution is -2.47. The number of aliphatic hydroxyl groups is 1. The van der Waals surface area contributed by atoms with Gasteiger partial charge < -0.3 is 30.3 Å². The zero-order valence-corrected chi connectivity index (χ0v) is 11.8. The number of carboxylic acid groups (broad SMARTS) is 1. The third kappa shape index (κ3) is 4.84. The average molecular weight is 298 g/mol. The lowest BCUT2D eigenvalue weighted by molar-refractivity contribution is -0.140. The van der Waals surface area contributed by atoms with Crippen molar-refractivity contribution in [1.29, 1.82) is 0 Å². The van der Waals surface area contributed by atoms with E-state index in [1.54, 1.807) is 18.2 Å². The number of hydrogen-bond donors (Lipinski definition) is 4. The van der Waals surface area contributed by atoms with Crippen LogP contribution in [0.15, 0.2) is 18.2 Å². The minimum Gasteiger partial charge on any atom is -0.497 e. The molecule has 1 atom stereocenters. The molecule has 1 rings (SSSR count). The summed E-state index contributed by atoms with van der Waals surface area (Å²) in [7, 11) is 3.02. The molecule has 0 aliphatic heterocycles. The summed E-state index contributed by atoms with van der Waals surface area (Å²) >= 11 is 0. The molecule has 116 valence electrons. The fourth-order valence-corrected chi connectivity index (χ4v) is 1.57. The number of benzene rings is 1. The first-order valence-corrected chi connectivity index (χ1v) is 6.10. The Morgan fingerprint density at radius 3 is 2.52 bits per heavy atom. The summed E-state index contributed by atoms with van der Waals surface area (Å²) in [5.41, 5.74) is 0.698. The van der Waals surface area contributed by atoms with Crippen LogP contribution in [-0.2, 0) is 11.3 Å². The van der Waals surface area contributed by atoms with Gasteiger partial charge in [0.2, 0.25) is 0 Å². The molecule has 0 radical (unpaired) electrons. The topological polar surface area (TPSA) is 117 Å². The molecule has 8 heteroatoms. The molecule has 0 aliphatic rings. The lowest BCUT2D eigenvalue weighted by Gasteiger charge is -2.14. The number of rotatable bonds is 7. The number of carbonyl (C=O) groups excluding carboxylic acids is 1. The third-order valence-electron chi connectivity index (χ3n) is 2.72. The minimum absolute atomic E-state index is 0.136. The summed E-state index contributed by atoms with van der Waals surface area (Å²) in [4.78, 5) is 22.2. The molecule has 0 bridgehead atoms. The number of aliphatic hydroxyl groups excluding tert-OH is 1. The van der Waals surface area contributed by atoms with E-state index < -0.39 is 24.6 Å². The molecule has 0 aliphatic carbocycles. The third-order valence-corrected chi connectivity index (χ3v) is 2.72. The summed E-state index contributed by atoms with van der Waals surface area (Å²) in [6.07, 6.45) is 0. The zero-order chi connectivity index (χ0) is 15.8. The SMILES string of the molecule is COc1ccc(CNC(=O)N[C@@H](CO)C(=O)O)c(OC)c1. The van der Waals surface area contributed by atoms with Gasteiger partial charge in [0.1, 0.15) is 11.5 Å². The number of carbonyl (C=O) groups is 2. The Kier molecular flexibility index (Phi) is 6.28. The second-order valence-electron chi connectivity index (χ2n) is 4.08. The van der Waals surface area contributed by atoms with Crippen molar-refractivity contribution in [3.63, 3.8) is 0 Å². The van der Waals surface area contributed by atoms with Gasteiger partial charge in [-0.2, -0.15) is 0 Å². The molecule has 0 saturated carbocycles. The number of aliphatic carboxylic acids is 1. The first-order valence-electron chi connectivity index (χ1n) is 6.10. The van der Waals surface area contributed by atoms with Crippen LogP contribution in [0.25, 0.3) is 0 Å². The molecule has 0 spiro atoms. The predicted octanol–water partition coefficient (Wildman–Crippen LogP) is -0.0515. The largest absolute Gasteiger partial charge is 0.497 e. The van der Waals surface area contributed by atoms with Gasteiger partial charge in [0.15, 0.2) is 6.04 Å². The molecule has 0 saturated heterocycles. The Bertz CT molecular complexity index is 505. The second kappa shape index (κ2) is 7.95. The van der Waals surface area contributed by atoms with Gasteiger partial charge in [-0.1, -0.05) is 0 Å². The van der Waals surface area contributed by atoms with E-state index in [1.807, 2.05) is 0 Å². The molecule has 21 heavy (non-hydrogen) atoms. The second-order valence-corrected chi connectivity index (χ2v) is 4.08. The van der Waals surface area contributed by atoms with Crippen molar-refractivity contribution in [2.24, 2.45) is 0 Å². The normalized spacial score (nSPS) is 11.4. The van der Waals surface area contributed by atoms with Gasteiger partial charge >= 0.3 is 12.0 Å². The van der Waals surface area contributed by atoms with E-state index in [0.29, 0.717) is 17.1 Å². The molecule has 0 unspecified atom stereocenters. The van der Waals surface area contributed by atoms with E-state index in [-0.39, 0.29) is 6.54 Å². The summed E-state index contributed by atoms with van der Waals surface area (Å²) in [5, 5.41) is 22.1. The highest BCUT2D eigenvalue weighted by Crippen LogP contribution is 2.24. The lowest BCUT2D eigenvalue weighted by atomic mass is 10.2. The minimum atomic E-state index is -1.34. The highest BCUT2D eigenvalue weighted by Gasteiger charge is 2.18. The number of hydrogen-bond acceptors (Lipinski definition) is 5. The van der Waals surface area contributed by atoms with Gasteiger partial charge in [0, 0.05) is 18.2 Å². The Balaban J connectivity index is 2.62. The van der Waals surface area contributed by atoms with Crippen LogP contribution in [0.4, 0.5) is 4.79 Å². The quantitative estimate of drug-likeness (QED) is 0.560. The maximum Gasteiger partial charge on any atom is 0.328 e. The molecule has 1 aromatic rings. The predicted molar refractivity (Wildman–Crippen MR) is 73.4 cm³/mol. The van der Waals surface area contributed by atoms with E-state index in [9.17, 15) is 9.59 Å². The monoisotopic (exact) mass is 298 g/mol. The fraction of sp³-hybridized carbons (Fsp3) is 0.385. The molecule has 8 nitrogen and oxygen atoms in total. The van der Waals surface area contributed by atoms with E-state index in [1.165, 1.54) is 14.2 Å². The standard InChI is InChI=1S/C13H18N2O6/c1-20-9-4-3-8(11(5-9)21-2)6-14-13(19)15-10(7-16)12(17)18/h3-5,10,16H,6-7H2,1-2H3,(H,17,18)(H2,14,15,19)/t10-/m0/s1. The van der Waals surface area contributed by atoms with Crippen LogP contribution in [-0.4, -0.2) is 49.1 Å². The highest BCUT2D eigenvalue weighted by atomic mass is 16.5. The van der Waals surface area contributed by atoms with Gasteiger partial charge in [-0.25, -0.2) is 9.59 Å². The Hall–Kier alpha value is -2.48. The van der Waals surface area contributed by atoms with Gasteiger partial charge in [-0.05, 0) is 12.1 Å². The van der Waals surface area contributed by atoms with Gasteiger partial charge in [-0.3, -0.25) is 0 Å². The van der Waals surface area contributed by atoms with Crippen LogP contribution in [0, 0.1) is 0 Å². The summed E-state index contributed by atoms with van der Waals surface area (Å²) in [5.74, 6) is -0.160. The van der Waals surface area contributed by atoms with Crippen molar-refractivity contribution in [2.45, 2.75) is 12.6 Å². The molecule has 0 heterocycles. The van der Waals surface area contributed by atoms with Crippen LogP contribution >= 0.6 is 0 Å². The molecular formula is C13H18N2O6. The van der Waals surface area contributed by atoms with Crippen molar-refractivity contribution < 1.29 is 29.3 Å². The van der Waals surface area contributed by atoms with E-state index >= 15 is 0 Å². The maximum absolute atomic E-state index is 11.6. The van der Waals surface area contributed by atoms with E-state index in [2.05, 4.69) is 10.6 Å². The van der Waals surface area contributed by atoms with Crippen LogP contribution in [0.3, 0.4) is 0 Å². The van der Waals surface area contributed by atoms with E-state index in [0.717, 1.165) is 0 Å². The molecule has 0 fully saturated rings. The van der Waals surface area contributed by atoms with Crippen LogP contribution in [0.5, 0.6) is 11.5 Å². The first kappa shape index (κ1) is 16.6. The van der Waals surface area contributed by atoms with Crippen molar-refractivity contribution in [2.75, 3.05) is 20.8 Å². The summed E-state index contributed by atoms with van der Waals surface area (Å²) < 4.78 is 10.2. The molecule has 4 N–H and O–H groups in total. The van der Waals surface area contributed by atoms with Crippen molar-refractivity contribution in [3.8, 4) is 11.5 Å². The van der Waals surface area contributed by atoms with Crippen molar-refractivity contribution >= 4 is 12.0 Å². The first-order chi connectivity index (χ1) is 10.0. The van der Waals surface area contributed by atoms with Crippen LogP contribution < -0.4 is 20.1 Å². The van der Waals surface area contributed by atoms with Crippen molar-refractivity contribution in [3.05, 3.63) is 23.8 Å². The van der Waals surface area contributed by atoms with Crippen molar-refractivity contribution in [1.82, 2.24) is 10.6 Å².